The number of carbonyl (C=O) groups is 1. The number of alkyl halides is 3. The maximum atomic E-state index is 12.7. The molecule has 116 valence electrons. The van der Waals surface area contributed by atoms with E-state index in [9.17, 15) is 18.0 Å². The molecule has 0 fully saturated rings. The molecule has 0 atom stereocenters. The topological polar surface area (TPSA) is 71.1 Å². The lowest BCUT2D eigenvalue weighted by Crippen LogP contribution is -2.44. The van der Waals surface area contributed by atoms with Gasteiger partial charge in [0, 0.05) is 20.0 Å². The van der Waals surface area contributed by atoms with Crippen LogP contribution in [0.25, 0.3) is 0 Å². The van der Waals surface area contributed by atoms with Gasteiger partial charge in [-0.2, -0.15) is 13.2 Å². The molecule has 0 saturated heterocycles. The number of nitrogens with zero attached hydrogens (tertiary/aromatic N) is 4. The minimum atomic E-state index is -4.52. The molecule has 2 rings (SSSR count). The van der Waals surface area contributed by atoms with Crippen LogP contribution in [0.5, 0.6) is 0 Å². The van der Waals surface area contributed by atoms with Crippen LogP contribution in [0, 0.1) is 0 Å². The monoisotopic (exact) mass is 304 g/mol. The highest BCUT2D eigenvalue weighted by Crippen LogP contribution is 2.46. The first-order chi connectivity index (χ1) is 9.60. The molecule has 0 aromatic carbocycles. The zero-order valence-corrected chi connectivity index (χ0v) is 11.8. The van der Waals surface area contributed by atoms with Crippen molar-refractivity contribution in [2.45, 2.75) is 37.5 Å². The Bertz CT molecular complexity index is 545. The summed E-state index contributed by atoms with van der Waals surface area (Å²) < 4.78 is 43.2. The Hall–Kier alpha value is -1.93. The van der Waals surface area contributed by atoms with Crippen LogP contribution in [-0.2, 0) is 10.2 Å². The fraction of sp³-hybridized carbons (Fsp3) is 0.667. The molecule has 0 N–H and O–H groups in total. The number of halogens is 3. The van der Waals surface area contributed by atoms with Crippen LogP contribution in [0.4, 0.5) is 13.2 Å². The average Bonchev–Trinajstić information content (AvgIpc) is 2.99. The Kier molecular flexibility index (Phi) is 3.54. The summed E-state index contributed by atoms with van der Waals surface area (Å²) in [5.41, 5.74) is -3.39. The van der Waals surface area contributed by atoms with E-state index >= 15 is 0 Å². The zero-order valence-electron chi connectivity index (χ0n) is 11.8. The second kappa shape index (κ2) is 4.81. The van der Waals surface area contributed by atoms with E-state index in [-0.39, 0.29) is 24.8 Å². The molecule has 0 unspecified atom stereocenters. The summed E-state index contributed by atoms with van der Waals surface area (Å²) in [6.45, 7) is 3.08. The Labute approximate surface area is 119 Å². The SMILES string of the molecule is CN(CCC1(C(F)(F)F)N=N1)C(=O)C(C)(C)c1ncco1. The molecule has 0 spiro atoms. The van der Waals surface area contributed by atoms with Crippen LogP contribution < -0.4 is 0 Å². The minimum Gasteiger partial charge on any atom is -0.448 e. The van der Waals surface area contributed by atoms with E-state index in [0.29, 0.717) is 0 Å². The molecule has 1 aromatic rings. The molecule has 2 heterocycles. The van der Waals surface area contributed by atoms with Crippen molar-refractivity contribution in [3.05, 3.63) is 18.4 Å². The van der Waals surface area contributed by atoms with Crippen LogP contribution in [-0.4, -0.2) is 41.2 Å². The number of hydrogen-bond donors (Lipinski definition) is 0. The summed E-state index contributed by atoms with van der Waals surface area (Å²) in [6.07, 6.45) is -2.16. The Morgan fingerprint density at radius 2 is 2.00 bits per heavy atom. The summed E-state index contributed by atoms with van der Waals surface area (Å²) >= 11 is 0. The number of aromatic nitrogens is 1. The third-order valence-corrected chi connectivity index (χ3v) is 3.44. The van der Waals surface area contributed by atoms with E-state index in [0.717, 1.165) is 0 Å². The largest absolute Gasteiger partial charge is 0.448 e. The van der Waals surface area contributed by atoms with Crippen molar-refractivity contribution in [3.8, 4) is 0 Å². The molecule has 0 saturated carbocycles. The van der Waals surface area contributed by atoms with Gasteiger partial charge in [0.05, 0.1) is 6.20 Å². The first-order valence-electron chi connectivity index (χ1n) is 6.26. The molecule has 1 aliphatic heterocycles. The van der Waals surface area contributed by atoms with Gasteiger partial charge in [0.15, 0.2) is 0 Å². The van der Waals surface area contributed by atoms with Gasteiger partial charge in [-0.25, -0.2) is 4.98 Å². The Balaban J connectivity index is 1.98. The van der Waals surface area contributed by atoms with Crippen LogP contribution in [0.2, 0.25) is 0 Å². The minimum absolute atomic E-state index is 0.116. The molecule has 21 heavy (non-hydrogen) atoms. The van der Waals surface area contributed by atoms with Gasteiger partial charge in [0.2, 0.25) is 11.8 Å². The smallest absolute Gasteiger partial charge is 0.437 e. The lowest BCUT2D eigenvalue weighted by Gasteiger charge is -2.27. The molecule has 9 heteroatoms. The molecule has 1 aromatic heterocycles. The van der Waals surface area contributed by atoms with Gasteiger partial charge in [-0.1, -0.05) is 0 Å². The third kappa shape index (κ3) is 2.77. The molecule has 0 aliphatic carbocycles. The highest BCUT2D eigenvalue weighted by atomic mass is 19.4. The molecule has 0 bridgehead atoms. The molecule has 1 aliphatic rings. The predicted molar refractivity (Wildman–Crippen MR) is 65.4 cm³/mol. The van der Waals surface area contributed by atoms with E-state index in [1.165, 1.54) is 24.4 Å². The number of oxazole rings is 1. The summed E-state index contributed by atoms with van der Waals surface area (Å²) in [7, 11) is 1.43. The van der Waals surface area contributed by atoms with E-state index < -0.39 is 17.3 Å². The van der Waals surface area contributed by atoms with Crippen molar-refractivity contribution in [1.29, 1.82) is 0 Å². The average molecular weight is 304 g/mol. The third-order valence-electron chi connectivity index (χ3n) is 3.44. The van der Waals surface area contributed by atoms with Crippen molar-refractivity contribution in [2.24, 2.45) is 10.2 Å². The van der Waals surface area contributed by atoms with Gasteiger partial charge >= 0.3 is 6.18 Å². The lowest BCUT2D eigenvalue weighted by molar-refractivity contribution is -0.166. The highest BCUT2D eigenvalue weighted by molar-refractivity contribution is 5.86. The predicted octanol–water partition coefficient (Wildman–Crippen LogP) is 2.53. The second-order valence-electron chi connectivity index (χ2n) is 5.45. The lowest BCUT2D eigenvalue weighted by atomic mass is 9.91. The fourth-order valence-electron chi connectivity index (χ4n) is 1.94. The van der Waals surface area contributed by atoms with Crippen molar-refractivity contribution < 1.29 is 22.4 Å². The maximum absolute atomic E-state index is 12.7. The van der Waals surface area contributed by atoms with E-state index in [4.69, 9.17) is 4.42 Å². The number of hydrogen-bond acceptors (Lipinski definition) is 5. The van der Waals surface area contributed by atoms with Crippen molar-refractivity contribution in [2.75, 3.05) is 13.6 Å². The molecular weight excluding hydrogens is 289 g/mol. The fourth-order valence-corrected chi connectivity index (χ4v) is 1.94. The number of amides is 1. The van der Waals surface area contributed by atoms with Gasteiger partial charge in [-0.15, -0.1) is 10.2 Å². The van der Waals surface area contributed by atoms with Gasteiger partial charge < -0.3 is 9.32 Å². The molecule has 0 radical (unpaired) electrons. The van der Waals surface area contributed by atoms with Crippen LogP contribution in [0.1, 0.15) is 26.2 Å². The number of carbonyl (C=O) groups excluding carboxylic acids is 1. The summed E-state index contributed by atoms with van der Waals surface area (Å²) in [5.74, 6) is -0.173. The van der Waals surface area contributed by atoms with E-state index in [2.05, 4.69) is 15.2 Å². The molecule has 6 nitrogen and oxygen atoms in total. The normalized spacial score (nSPS) is 16.9. The van der Waals surface area contributed by atoms with Crippen molar-refractivity contribution in [3.63, 3.8) is 0 Å². The van der Waals surface area contributed by atoms with E-state index in [1.54, 1.807) is 13.8 Å². The van der Waals surface area contributed by atoms with Crippen molar-refractivity contribution in [1.82, 2.24) is 9.88 Å². The summed E-state index contributed by atoms with van der Waals surface area (Å²) in [5, 5.41) is 6.16. The van der Waals surface area contributed by atoms with Gasteiger partial charge in [-0.05, 0) is 13.8 Å². The van der Waals surface area contributed by atoms with Gasteiger partial charge in [-0.3, -0.25) is 4.79 Å². The van der Waals surface area contributed by atoms with Crippen LogP contribution >= 0.6 is 0 Å². The number of likely N-dealkylation sites (N-methyl/N-ethyl adjacent to an activating group) is 1. The number of rotatable bonds is 5. The van der Waals surface area contributed by atoms with Gasteiger partial charge in [0.1, 0.15) is 11.7 Å². The quantitative estimate of drug-likeness (QED) is 0.839. The Morgan fingerprint density at radius 3 is 2.43 bits per heavy atom. The Morgan fingerprint density at radius 1 is 1.38 bits per heavy atom. The van der Waals surface area contributed by atoms with Gasteiger partial charge in [0.25, 0.3) is 5.66 Å². The highest BCUT2D eigenvalue weighted by Gasteiger charge is 2.63. The van der Waals surface area contributed by atoms with Crippen LogP contribution in [0.15, 0.2) is 27.1 Å². The summed E-state index contributed by atoms with van der Waals surface area (Å²) in [6, 6.07) is 0. The summed E-state index contributed by atoms with van der Waals surface area (Å²) in [4.78, 5) is 17.5. The first kappa shape index (κ1) is 15.5. The zero-order chi connectivity index (χ0) is 15.9. The molecule has 1 amide bonds. The molecular formula is C12H15F3N4O2. The second-order valence-corrected chi connectivity index (χ2v) is 5.45. The van der Waals surface area contributed by atoms with E-state index in [1.807, 2.05) is 0 Å². The maximum Gasteiger partial charge on any atom is 0.437 e. The first-order valence-corrected chi connectivity index (χ1v) is 6.26. The standard InChI is InChI=1S/C12H15F3N4O2/c1-10(2,8-16-5-7-21-8)9(20)19(3)6-4-11(17-18-11)12(13,14)15/h5,7H,4,6H2,1-3H3. The van der Waals surface area contributed by atoms with Crippen LogP contribution in [0.3, 0.4) is 0 Å². The van der Waals surface area contributed by atoms with Crippen molar-refractivity contribution >= 4 is 5.91 Å².